The van der Waals surface area contributed by atoms with Crippen molar-refractivity contribution in [3.8, 4) is 0 Å². The van der Waals surface area contributed by atoms with E-state index in [-0.39, 0.29) is 11.8 Å². The topological polar surface area (TPSA) is 87.7 Å². The van der Waals surface area contributed by atoms with Crippen LogP contribution >= 0.6 is 11.8 Å². The molecule has 0 fully saturated rings. The molecule has 2 rings (SSSR count). The molecule has 2 aromatic rings. The normalized spacial score (nSPS) is 12.8. The van der Waals surface area contributed by atoms with Crippen LogP contribution in [0.5, 0.6) is 0 Å². The molecule has 0 aliphatic rings. The molecule has 0 radical (unpaired) electrons. The number of nitrogens with zero attached hydrogens (tertiary/aromatic N) is 1. The van der Waals surface area contributed by atoms with Crippen molar-refractivity contribution in [3.05, 3.63) is 64.7 Å². The average Bonchev–Trinajstić information content (AvgIpc) is 2.89. The van der Waals surface area contributed by atoms with E-state index >= 15 is 0 Å². The minimum atomic E-state index is -0.876. The first-order valence-electron chi connectivity index (χ1n) is 15.1. The highest BCUT2D eigenvalue weighted by molar-refractivity contribution is 7.98. The summed E-state index contributed by atoms with van der Waals surface area (Å²) < 4.78 is 5.51. The lowest BCUT2D eigenvalue weighted by Gasteiger charge is -2.35. The molecular formula is C34H51N3O4S. The van der Waals surface area contributed by atoms with Gasteiger partial charge in [0.05, 0.1) is 0 Å². The van der Waals surface area contributed by atoms with Crippen molar-refractivity contribution in [1.29, 1.82) is 0 Å². The standard InChI is InChI=1S/C34H51N3O4S/c1-9-10-11-12-15-19-37(32(39)29(18-20-42-8)36-33(40)41-34(5,6)7)30(27-22-24(2)21-25(3)23-27)31(38)35-28-17-14-13-16-26(28)4/h13-14,16-17,21-23,29-30H,9-12,15,18-20H2,1-8H3,(H,35,38)(H,36,40). The first kappa shape index (κ1) is 35.2. The Kier molecular flexibility index (Phi) is 14.4. The fraction of sp³-hybridized carbons (Fsp3) is 0.559. The van der Waals surface area contributed by atoms with E-state index in [2.05, 4.69) is 23.6 Å². The van der Waals surface area contributed by atoms with Gasteiger partial charge in [0.1, 0.15) is 17.7 Å². The fourth-order valence-corrected chi connectivity index (χ4v) is 5.42. The zero-order chi connectivity index (χ0) is 31.3. The van der Waals surface area contributed by atoms with Crippen molar-refractivity contribution >= 4 is 35.4 Å². The van der Waals surface area contributed by atoms with Gasteiger partial charge in [-0.15, -0.1) is 0 Å². The molecule has 232 valence electrons. The van der Waals surface area contributed by atoms with Crippen molar-refractivity contribution in [2.75, 3.05) is 23.9 Å². The Balaban J connectivity index is 2.57. The smallest absolute Gasteiger partial charge is 0.408 e. The summed E-state index contributed by atoms with van der Waals surface area (Å²) in [4.78, 5) is 43.2. The fourth-order valence-electron chi connectivity index (χ4n) is 4.95. The maximum Gasteiger partial charge on any atom is 0.408 e. The van der Waals surface area contributed by atoms with Crippen molar-refractivity contribution in [2.45, 2.75) is 105 Å². The minimum absolute atomic E-state index is 0.280. The summed E-state index contributed by atoms with van der Waals surface area (Å²) in [7, 11) is 0. The third kappa shape index (κ3) is 11.7. The quantitative estimate of drug-likeness (QED) is 0.205. The second kappa shape index (κ2) is 17.2. The largest absolute Gasteiger partial charge is 0.444 e. The monoisotopic (exact) mass is 597 g/mol. The Morgan fingerprint density at radius 2 is 1.60 bits per heavy atom. The molecule has 42 heavy (non-hydrogen) atoms. The maximum atomic E-state index is 14.4. The molecule has 0 heterocycles. The van der Waals surface area contributed by atoms with Crippen LogP contribution in [0.4, 0.5) is 10.5 Å². The molecule has 2 unspecified atom stereocenters. The van der Waals surface area contributed by atoms with Gasteiger partial charge in [-0.2, -0.15) is 11.8 Å². The molecule has 8 heteroatoms. The van der Waals surface area contributed by atoms with Crippen LogP contribution in [-0.4, -0.2) is 53.0 Å². The number of para-hydroxylation sites is 1. The molecule has 7 nitrogen and oxygen atoms in total. The number of alkyl carbamates (subject to hydrolysis) is 1. The van der Waals surface area contributed by atoms with Gasteiger partial charge < -0.3 is 20.3 Å². The van der Waals surface area contributed by atoms with Crippen molar-refractivity contribution in [1.82, 2.24) is 10.2 Å². The Bertz CT molecular complexity index is 1160. The second-order valence-electron chi connectivity index (χ2n) is 12.1. The zero-order valence-electron chi connectivity index (χ0n) is 26.8. The number of carbonyl (C=O) groups is 3. The number of hydrogen-bond donors (Lipinski definition) is 2. The Morgan fingerprint density at radius 1 is 0.952 bits per heavy atom. The van der Waals surface area contributed by atoms with Crippen molar-refractivity contribution in [2.24, 2.45) is 0 Å². The van der Waals surface area contributed by atoms with Crippen molar-refractivity contribution < 1.29 is 19.1 Å². The van der Waals surface area contributed by atoms with Crippen LogP contribution in [-0.2, 0) is 14.3 Å². The Labute approximate surface area is 257 Å². The number of nitrogens with one attached hydrogen (secondary N) is 2. The molecule has 0 saturated heterocycles. The van der Waals surface area contributed by atoms with Gasteiger partial charge in [-0.1, -0.05) is 80.1 Å². The number of ether oxygens (including phenoxy) is 1. The number of unbranched alkanes of at least 4 members (excludes halogenated alkanes) is 4. The Hall–Kier alpha value is -3.00. The van der Waals surface area contributed by atoms with E-state index < -0.39 is 23.8 Å². The van der Waals surface area contributed by atoms with Crippen LogP contribution < -0.4 is 10.6 Å². The van der Waals surface area contributed by atoms with Crippen LogP contribution in [0.2, 0.25) is 0 Å². The zero-order valence-corrected chi connectivity index (χ0v) is 27.7. The van der Waals surface area contributed by atoms with E-state index in [1.54, 1.807) is 37.4 Å². The third-order valence-corrected chi connectivity index (χ3v) is 7.55. The number of carbonyl (C=O) groups excluding carboxylic acids is 3. The molecule has 0 saturated carbocycles. The number of rotatable bonds is 15. The molecular weight excluding hydrogens is 546 g/mol. The van der Waals surface area contributed by atoms with Gasteiger partial charge in [-0.25, -0.2) is 4.79 Å². The number of thioether (sulfide) groups is 1. The van der Waals surface area contributed by atoms with E-state index in [1.165, 1.54) is 0 Å². The van der Waals surface area contributed by atoms with E-state index in [9.17, 15) is 14.4 Å². The van der Waals surface area contributed by atoms with E-state index in [4.69, 9.17) is 4.74 Å². The summed E-state index contributed by atoms with van der Waals surface area (Å²) in [6, 6.07) is 11.9. The molecule has 0 aromatic heterocycles. The summed E-state index contributed by atoms with van der Waals surface area (Å²) in [6.07, 6.45) is 6.75. The van der Waals surface area contributed by atoms with Crippen LogP contribution in [0.15, 0.2) is 42.5 Å². The summed E-state index contributed by atoms with van der Waals surface area (Å²) in [5.74, 6) is 0.103. The minimum Gasteiger partial charge on any atom is -0.444 e. The predicted molar refractivity (Wildman–Crippen MR) is 175 cm³/mol. The van der Waals surface area contributed by atoms with Crippen LogP contribution in [0, 0.1) is 20.8 Å². The van der Waals surface area contributed by atoms with Crippen LogP contribution in [0.25, 0.3) is 0 Å². The molecule has 2 atom stereocenters. The lowest BCUT2D eigenvalue weighted by molar-refractivity contribution is -0.141. The maximum absolute atomic E-state index is 14.4. The third-order valence-electron chi connectivity index (χ3n) is 6.91. The van der Waals surface area contributed by atoms with Gasteiger partial charge in [0.25, 0.3) is 5.91 Å². The molecule has 0 aliphatic heterocycles. The van der Waals surface area contributed by atoms with Gasteiger partial charge in [-0.05, 0) is 83.6 Å². The highest BCUT2D eigenvalue weighted by atomic mass is 32.2. The van der Waals surface area contributed by atoms with Crippen LogP contribution in [0.3, 0.4) is 0 Å². The van der Waals surface area contributed by atoms with Crippen LogP contribution in [0.1, 0.15) is 94.5 Å². The second-order valence-corrected chi connectivity index (χ2v) is 13.0. The summed E-state index contributed by atoms with van der Waals surface area (Å²) >= 11 is 1.60. The lowest BCUT2D eigenvalue weighted by Crippen LogP contribution is -2.52. The lowest BCUT2D eigenvalue weighted by atomic mass is 9.97. The van der Waals surface area contributed by atoms with E-state index in [0.717, 1.165) is 54.4 Å². The molecule has 3 amide bonds. The number of anilines is 1. The number of aryl methyl sites for hydroxylation is 3. The molecule has 2 N–H and O–H groups in total. The van der Waals surface area contributed by atoms with E-state index in [1.807, 2.05) is 63.4 Å². The number of hydrogen-bond acceptors (Lipinski definition) is 5. The van der Waals surface area contributed by atoms with Gasteiger partial charge in [0.2, 0.25) is 5.91 Å². The summed E-state index contributed by atoms with van der Waals surface area (Å²) in [5, 5.41) is 5.93. The highest BCUT2D eigenvalue weighted by Crippen LogP contribution is 2.28. The first-order valence-corrected chi connectivity index (χ1v) is 16.5. The van der Waals surface area contributed by atoms with Gasteiger partial charge >= 0.3 is 6.09 Å². The number of amides is 3. The SMILES string of the molecule is CCCCCCCN(C(=O)C(CCSC)NC(=O)OC(C)(C)C)C(C(=O)Nc1ccccc1C)c1cc(C)cc(C)c1. The molecule has 0 aliphatic carbocycles. The molecule has 0 spiro atoms. The first-order chi connectivity index (χ1) is 19.9. The average molecular weight is 598 g/mol. The summed E-state index contributed by atoms with van der Waals surface area (Å²) in [6.45, 7) is 13.9. The van der Waals surface area contributed by atoms with Crippen molar-refractivity contribution in [3.63, 3.8) is 0 Å². The van der Waals surface area contributed by atoms with Gasteiger partial charge in [0, 0.05) is 12.2 Å². The van der Waals surface area contributed by atoms with Gasteiger partial charge in [0.15, 0.2) is 0 Å². The summed E-state index contributed by atoms with van der Waals surface area (Å²) in [5.41, 5.74) is 3.72. The molecule has 0 bridgehead atoms. The van der Waals surface area contributed by atoms with E-state index in [0.29, 0.717) is 24.4 Å². The number of benzene rings is 2. The Morgan fingerprint density at radius 3 is 2.19 bits per heavy atom. The predicted octanol–water partition coefficient (Wildman–Crippen LogP) is 7.74. The highest BCUT2D eigenvalue weighted by Gasteiger charge is 2.36. The van der Waals surface area contributed by atoms with Gasteiger partial charge in [-0.3, -0.25) is 9.59 Å². The molecule has 2 aromatic carbocycles.